The summed E-state index contributed by atoms with van der Waals surface area (Å²) in [7, 11) is -4.00. The van der Waals surface area contributed by atoms with Gasteiger partial charge >= 0.3 is 5.97 Å². The van der Waals surface area contributed by atoms with Gasteiger partial charge in [0.15, 0.2) is 0 Å². The topological polar surface area (TPSA) is 72.9 Å². The normalized spacial score (nSPS) is 20.7. The molecule has 2 aliphatic rings. The highest BCUT2D eigenvalue weighted by molar-refractivity contribution is 7.89. The molecule has 6 rings (SSSR count). The Hall–Kier alpha value is -3.72. The lowest BCUT2D eigenvalue weighted by Crippen LogP contribution is -2.49. The fourth-order valence-electron chi connectivity index (χ4n) is 5.28. The number of fused-ring (bicyclic) bond motifs is 2. The molecule has 0 N–H and O–H groups in total. The van der Waals surface area contributed by atoms with E-state index in [1.165, 1.54) is 4.31 Å². The molecule has 1 aromatic heterocycles. The largest absolute Gasteiger partial charge is 0.460 e. The van der Waals surface area contributed by atoms with E-state index in [1.807, 2.05) is 79.0 Å². The Kier molecular flexibility index (Phi) is 6.62. The molecule has 2 aliphatic heterocycles. The van der Waals surface area contributed by atoms with E-state index in [2.05, 4.69) is 0 Å². The molecule has 6 nitrogen and oxygen atoms in total. The smallest absolute Gasteiger partial charge is 0.373 e. The molecule has 0 fully saturated rings. The number of hydrogen-bond acceptors (Lipinski definition) is 6. The van der Waals surface area contributed by atoms with Crippen molar-refractivity contribution in [1.82, 2.24) is 4.31 Å². The molecule has 0 radical (unpaired) electrons. The highest BCUT2D eigenvalue weighted by Gasteiger charge is 2.56. The highest BCUT2D eigenvalue weighted by Crippen LogP contribution is 2.53. The number of rotatable bonds is 6. The van der Waals surface area contributed by atoms with Crippen LogP contribution in [0.25, 0.3) is 0 Å². The number of benzene rings is 3. The van der Waals surface area contributed by atoms with E-state index in [4.69, 9.17) is 9.47 Å². The summed E-state index contributed by atoms with van der Waals surface area (Å²) < 4.78 is 41.9. The predicted octanol–water partition coefficient (Wildman–Crippen LogP) is 6.25. The van der Waals surface area contributed by atoms with Gasteiger partial charge in [-0.25, -0.2) is 13.2 Å². The Balaban J connectivity index is 1.44. The Morgan fingerprint density at radius 1 is 1.00 bits per heavy atom. The zero-order chi connectivity index (χ0) is 27.0. The molecule has 2 atom stereocenters. The Labute approximate surface area is 232 Å². The van der Waals surface area contributed by atoms with Crippen molar-refractivity contribution >= 4 is 27.3 Å². The molecule has 39 heavy (non-hydrogen) atoms. The van der Waals surface area contributed by atoms with Crippen molar-refractivity contribution in [3.8, 4) is 0 Å². The molecule has 0 aliphatic carbocycles. The van der Waals surface area contributed by atoms with Crippen LogP contribution in [0.15, 0.2) is 113 Å². The number of carbonyl (C=O) groups excluding carboxylic acids is 1. The monoisotopic (exact) mass is 557 g/mol. The van der Waals surface area contributed by atoms with Gasteiger partial charge < -0.3 is 9.47 Å². The second-order valence-electron chi connectivity index (χ2n) is 9.79. The van der Waals surface area contributed by atoms with E-state index in [-0.39, 0.29) is 29.7 Å². The van der Waals surface area contributed by atoms with Crippen LogP contribution >= 0.6 is 11.3 Å². The summed E-state index contributed by atoms with van der Waals surface area (Å²) in [6.07, 6.45) is 2.09. The number of carbonyl (C=O) groups is 1. The number of hydrogen-bond donors (Lipinski definition) is 0. The van der Waals surface area contributed by atoms with Crippen LogP contribution in [0.3, 0.4) is 0 Å². The highest BCUT2D eigenvalue weighted by atomic mass is 32.2. The van der Waals surface area contributed by atoms with Gasteiger partial charge in [-0.1, -0.05) is 78.4 Å². The van der Waals surface area contributed by atoms with Crippen LogP contribution in [0.4, 0.5) is 0 Å². The maximum Gasteiger partial charge on any atom is 0.373 e. The van der Waals surface area contributed by atoms with Gasteiger partial charge in [-0.15, -0.1) is 15.6 Å². The van der Waals surface area contributed by atoms with E-state index in [9.17, 15) is 13.2 Å². The van der Waals surface area contributed by atoms with Crippen LogP contribution in [0, 0.1) is 6.92 Å². The molecule has 0 saturated carbocycles. The third-order valence-corrected chi connectivity index (χ3v) is 10.1. The van der Waals surface area contributed by atoms with Crippen molar-refractivity contribution in [1.29, 1.82) is 0 Å². The van der Waals surface area contributed by atoms with Gasteiger partial charge in [0.05, 0.1) is 4.90 Å². The molecular weight excluding hydrogens is 530 g/mol. The zero-order valence-electron chi connectivity index (χ0n) is 21.3. The third-order valence-electron chi connectivity index (χ3n) is 7.21. The van der Waals surface area contributed by atoms with Crippen molar-refractivity contribution in [3.05, 3.63) is 135 Å². The second-order valence-corrected chi connectivity index (χ2v) is 12.6. The molecule has 0 amide bonds. The quantitative estimate of drug-likeness (QED) is 0.262. The van der Waals surface area contributed by atoms with Gasteiger partial charge in [0.25, 0.3) is 0 Å². The van der Waals surface area contributed by atoms with E-state index in [0.717, 1.165) is 27.1 Å². The number of thiophene rings is 1. The number of nitrogens with zero attached hydrogens (tertiary/aromatic N) is 1. The van der Waals surface area contributed by atoms with Crippen LogP contribution in [-0.4, -0.2) is 18.7 Å². The first kappa shape index (κ1) is 25.6. The average molecular weight is 558 g/mol. The second kappa shape index (κ2) is 10.1. The Morgan fingerprint density at radius 3 is 2.49 bits per heavy atom. The van der Waals surface area contributed by atoms with Crippen molar-refractivity contribution in [2.45, 2.75) is 43.0 Å². The van der Waals surface area contributed by atoms with E-state index >= 15 is 0 Å². The average Bonchev–Trinajstić information content (AvgIpc) is 3.60. The predicted molar refractivity (Wildman–Crippen MR) is 149 cm³/mol. The fourth-order valence-corrected chi connectivity index (χ4v) is 7.72. The lowest BCUT2D eigenvalue weighted by atomic mass is 9.87. The molecule has 0 saturated heterocycles. The molecule has 8 heteroatoms. The first-order valence-electron chi connectivity index (χ1n) is 12.7. The lowest BCUT2D eigenvalue weighted by molar-refractivity contribution is -0.158. The molecule has 0 unspecified atom stereocenters. The molecule has 3 aromatic carbocycles. The summed E-state index contributed by atoms with van der Waals surface area (Å²) in [5.41, 5.74) is 1.99. The van der Waals surface area contributed by atoms with Crippen LogP contribution < -0.4 is 0 Å². The minimum Gasteiger partial charge on any atom is -0.460 e. The van der Waals surface area contributed by atoms with Crippen molar-refractivity contribution in [2.75, 3.05) is 0 Å². The summed E-state index contributed by atoms with van der Waals surface area (Å²) in [6.45, 7) is 2.13. The summed E-state index contributed by atoms with van der Waals surface area (Å²) >= 11 is 1.56. The van der Waals surface area contributed by atoms with Crippen LogP contribution in [0.1, 0.15) is 39.5 Å². The summed E-state index contributed by atoms with van der Waals surface area (Å²) in [5, 5.41) is 1.97. The molecule has 1 spiro atoms. The first-order valence-corrected chi connectivity index (χ1v) is 15.0. The minimum absolute atomic E-state index is 0.0105. The maximum absolute atomic E-state index is 14.2. The summed E-state index contributed by atoms with van der Waals surface area (Å²) in [5.74, 6) is -0.868. The maximum atomic E-state index is 14.2. The van der Waals surface area contributed by atoms with Gasteiger partial charge in [0.1, 0.15) is 6.61 Å². The van der Waals surface area contributed by atoms with E-state index in [1.54, 1.807) is 41.7 Å². The minimum atomic E-state index is -4.00. The Bertz CT molecular complexity index is 1630. The number of ether oxygens (including phenoxy) is 2. The summed E-state index contributed by atoms with van der Waals surface area (Å²) in [6, 6.07) is 27.7. The standard InChI is InChI=1S/C31H27NO5S2/c1-22-13-15-26(16-14-22)39(34,35)32-20-24-10-5-6-11-27(24)31(32)19-25(29-12-7-17-38-29)18-28(37-31)30(33)36-21-23-8-3-2-4-9-23/h2-18,25H,19-21H2,1H3/t25-,31-/m0/s1. The van der Waals surface area contributed by atoms with Gasteiger partial charge in [0.2, 0.25) is 21.5 Å². The number of sulfonamides is 1. The van der Waals surface area contributed by atoms with Crippen LogP contribution in [0.2, 0.25) is 0 Å². The lowest BCUT2D eigenvalue weighted by Gasteiger charge is -2.42. The van der Waals surface area contributed by atoms with Crippen molar-refractivity contribution < 1.29 is 22.7 Å². The Morgan fingerprint density at radius 2 is 1.74 bits per heavy atom. The van der Waals surface area contributed by atoms with Gasteiger partial charge in [-0.3, -0.25) is 0 Å². The zero-order valence-corrected chi connectivity index (χ0v) is 23.0. The third kappa shape index (κ3) is 4.69. The van der Waals surface area contributed by atoms with Crippen molar-refractivity contribution in [2.24, 2.45) is 0 Å². The SMILES string of the molecule is Cc1ccc(S(=O)(=O)N2Cc3ccccc3[C@@]23C[C@@H](c2cccs2)C=C(C(=O)OCc2ccccc2)O3)cc1. The van der Waals surface area contributed by atoms with Crippen LogP contribution in [-0.2, 0) is 43.2 Å². The number of allylic oxidation sites excluding steroid dienone is 1. The fraction of sp³-hybridized carbons (Fsp3) is 0.194. The van der Waals surface area contributed by atoms with Gasteiger partial charge in [-0.05, 0) is 47.7 Å². The first-order chi connectivity index (χ1) is 18.9. The molecule has 0 bridgehead atoms. The van der Waals surface area contributed by atoms with Gasteiger partial charge in [0, 0.05) is 29.3 Å². The van der Waals surface area contributed by atoms with Crippen molar-refractivity contribution in [3.63, 3.8) is 0 Å². The molecule has 4 aromatic rings. The van der Waals surface area contributed by atoms with E-state index in [0.29, 0.717) is 6.42 Å². The number of esters is 1. The molecular formula is C31H27NO5S2. The van der Waals surface area contributed by atoms with Crippen LogP contribution in [0.5, 0.6) is 0 Å². The number of aryl methyl sites for hydroxylation is 1. The van der Waals surface area contributed by atoms with E-state index < -0.39 is 21.7 Å². The molecule has 198 valence electrons. The molecule has 3 heterocycles. The van der Waals surface area contributed by atoms with Gasteiger partial charge in [-0.2, -0.15) is 0 Å². The summed E-state index contributed by atoms with van der Waals surface area (Å²) in [4.78, 5) is 14.6.